The summed E-state index contributed by atoms with van der Waals surface area (Å²) >= 11 is 0. The summed E-state index contributed by atoms with van der Waals surface area (Å²) in [6.45, 7) is 5.37. The van der Waals surface area contributed by atoms with Crippen molar-refractivity contribution in [3.63, 3.8) is 0 Å². The Morgan fingerprint density at radius 3 is 2.40 bits per heavy atom. The Balaban J connectivity index is 2.08. The van der Waals surface area contributed by atoms with Crippen LogP contribution < -0.4 is 10.1 Å². The number of carboxylic acid groups (broad SMARTS) is 1. The van der Waals surface area contributed by atoms with Gasteiger partial charge < -0.3 is 15.2 Å². The van der Waals surface area contributed by atoms with Gasteiger partial charge >= 0.3 is 6.09 Å². The lowest BCUT2D eigenvalue weighted by molar-refractivity contribution is -0.384. The number of amides is 1. The Morgan fingerprint density at radius 1 is 1.24 bits per heavy atom. The average molecular weight is 344 g/mol. The Kier molecular flexibility index (Phi) is 5.26. The predicted molar refractivity (Wildman–Crippen MR) is 93.3 cm³/mol. The number of nitrogens with zero attached hydrogens (tertiary/aromatic N) is 1. The highest BCUT2D eigenvalue weighted by Crippen LogP contribution is 2.28. The molecule has 2 rings (SSSR count). The van der Waals surface area contributed by atoms with Crippen molar-refractivity contribution in [2.24, 2.45) is 0 Å². The fourth-order valence-corrected chi connectivity index (χ4v) is 2.51. The van der Waals surface area contributed by atoms with Gasteiger partial charge in [0.25, 0.3) is 5.69 Å². The quantitative estimate of drug-likeness (QED) is 0.601. The van der Waals surface area contributed by atoms with E-state index in [4.69, 9.17) is 9.84 Å². The van der Waals surface area contributed by atoms with Crippen LogP contribution in [0.25, 0.3) is 0 Å². The topological polar surface area (TPSA) is 102 Å². The zero-order valence-corrected chi connectivity index (χ0v) is 14.3. The van der Waals surface area contributed by atoms with Gasteiger partial charge in [0.2, 0.25) is 0 Å². The van der Waals surface area contributed by atoms with Crippen molar-refractivity contribution in [1.82, 2.24) is 5.32 Å². The van der Waals surface area contributed by atoms with Gasteiger partial charge in [-0.3, -0.25) is 10.1 Å². The first-order chi connectivity index (χ1) is 11.7. The maximum Gasteiger partial charge on any atom is 0.405 e. The molecule has 0 spiro atoms. The molecule has 2 aromatic rings. The molecule has 0 aromatic heterocycles. The molecule has 0 fully saturated rings. The zero-order chi connectivity index (χ0) is 18.6. The number of benzene rings is 2. The maximum absolute atomic E-state index is 10.8. The molecule has 7 nitrogen and oxygen atoms in total. The van der Waals surface area contributed by atoms with E-state index in [2.05, 4.69) is 5.32 Å². The second-order valence-corrected chi connectivity index (χ2v) is 6.44. The predicted octanol–water partition coefficient (Wildman–Crippen LogP) is 4.28. The number of aryl methyl sites for hydroxylation is 1. The van der Waals surface area contributed by atoms with Gasteiger partial charge in [0, 0.05) is 17.7 Å². The van der Waals surface area contributed by atoms with Crippen LogP contribution in [-0.2, 0) is 6.42 Å². The van der Waals surface area contributed by atoms with E-state index in [9.17, 15) is 14.9 Å². The van der Waals surface area contributed by atoms with Crippen LogP contribution in [0.15, 0.2) is 42.5 Å². The molecule has 0 saturated carbocycles. The number of non-ortho nitro benzene ring substituents is 1. The molecular weight excluding hydrogens is 324 g/mol. The van der Waals surface area contributed by atoms with Gasteiger partial charge in [-0.25, -0.2) is 4.79 Å². The maximum atomic E-state index is 10.8. The number of nitro groups is 1. The number of carbonyl (C=O) groups is 1. The van der Waals surface area contributed by atoms with E-state index in [1.807, 2.05) is 26.0 Å². The van der Waals surface area contributed by atoms with E-state index < -0.39 is 16.6 Å². The highest BCUT2D eigenvalue weighted by Gasteiger charge is 2.20. The van der Waals surface area contributed by atoms with Crippen LogP contribution in [-0.4, -0.2) is 21.7 Å². The van der Waals surface area contributed by atoms with Crippen LogP contribution in [0.3, 0.4) is 0 Å². The van der Waals surface area contributed by atoms with Crippen LogP contribution in [0, 0.1) is 17.0 Å². The van der Waals surface area contributed by atoms with Gasteiger partial charge in [-0.15, -0.1) is 0 Å². The minimum atomic E-state index is -1.06. The smallest absolute Gasteiger partial charge is 0.405 e. The molecule has 0 unspecified atom stereocenters. The summed E-state index contributed by atoms with van der Waals surface area (Å²) in [4.78, 5) is 21.1. The SMILES string of the molecule is Cc1cc([N+](=O)[O-])ccc1Oc1ccc(CC(C)(C)NC(=O)O)cc1. The molecule has 7 heteroatoms. The summed E-state index contributed by atoms with van der Waals surface area (Å²) < 4.78 is 5.76. The lowest BCUT2D eigenvalue weighted by Gasteiger charge is -2.24. The molecule has 0 saturated heterocycles. The standard InChI is InChI=1S/C18H20N2O5/c1-12-10-14(20(23)24)6-9-16(12)25-15-7-4-13(5-8-15)11-18(2,3)19-17(21)22/h4-10,19H,11H2,1-3H3,(H,21,22). The highest BCUT2D eigenvalue weighted by atomic mass is 16.6. The molecule has 0 radical (unpaired) electrons. The lowest BCUT2D eigenvalue weighted by atomic mass is 9.95. The van der Waals surface area contributed by atoms with Crippen LogP contribution in [0.1, 0.15) is 25.0 Å². The summed E-state index contributed by atoms with van der Waals surface area (Å²) in [5.41, 5.74) is 1.08. The normalized spacial score (nSPS) is 11.0. The van der Waals surface area contributed by atoms with Crippen molar-refractivity contribution < 1.29 is 19.6 Å². The van der Waals surface area contributed by atoms with Crippen LogP contribution in [0.2, 0.25) is 0 Å². The first kappa shape index (κ1) is 18.3. The molecule has 0 atom stereocenters. The molecule has 2 N–H and O–H groups in total. The Bertz CT molecular complexity index is 785. The molecule has 1 amide bonds. The van der Waals surface area contributed by atoms with Crippen molar-refractivity contribution in [2.45, 2.75) is 32.7 Å². The summed E-state index contributed by atoms with van der Waals surface area (Å²) in [6.07, 6.45) is -0.519. The second kappa shape index (κ2) is 7.21. The van der Waals surface area contributed by atoms with Crippen molar-refractivity contribution in [3.05, 3.63) is 63.7 Å². The van der Waals surface area contributed by atoms with Gasteiger partial charge in [0.15, 0.2) is 0 Å². The highest BCUT2D eigenvalue weighted by molar-refractivity contribution is 5.65. The Morgan fingerprint density at radius 2 is 1.88 bits per heavy atom. The largest absolute Gasteiger partial charge is 0.465 e. The molecule has 2 aromatic carbocycles. The molecule has 0 aliphatic heterocycles. The summed E-state index contributed by atoms with van der Waals surface area (Å²) in [6, 6.07) is 11.7. The number of rotatable bonds is 6. The first-order valence-electron chi connectivity index (χ1n) is 7.69. The molecule has 0 heterocycles. The van der Waals surface area contributed by atoms with E-state index in [-0.39, 0.29) is 5.69 Å². The van der Waals surface area contributed by atoms with Gasteiger partial charge in [0.1, 0.15) is 11.5 Å². The summed E-state index contributed by atoms with van der Waals surface area (Å²) in [7, 11) is 0. The molecule has 132 valence electrons. The third kappa shape index (κ3) is 5.20. The van der Waals surface area contributed by atoms with Gasteiger partial charge in [-0.1, -0.05) is 12.1 Å². The molecule has 0 bridgehead atoms. The lowest BCUT2D eigenvalue weighted by Crippen LogP contribution is -2.44. The summed E-state index contributed by atoms with van der Waals surface area (Å²) in [5, 5.41) is 22.1. The fraction of sp³-hybridized carbons (Fsp3) is 0.278. The number of hydrogen-bond donors (Lipinski definition) is 2. The number of ether oxygens (including phenoxy) is 1. The van der Waals surface area contributed by atoms with E-state index >= 15 is 0 Å². The van der Waals surface area contributed by atoms with Gasteiger partial charge in [-0.2, -0.15) is 0 Å². The van der Waals surface area contributed by atoms with Crippen molar-refractivity contribution in [2.75, 3.05) is 0 Å². The zero-order valence-electron chi connectivity index (χ0n) is 14.3. The van der Waals surface area contributed by atoms with E-state index in [1.54, 1.807) is 25.1 Å². The van der Waals surface area contributed by atoms with Crippen LogP contribution in [0.5, 0.6) is 11.5 Å². The fourth-order valence-electron chi connectivity index (χ4n) is 2.51. The van der Waals surface area contributed by atoms with E-state index in [1.165, 1.54) is 12.1 Å². The molecule has 0 aliphatic rings. The molecule has 25 heavy (non-hydrogen) atoms. The van der Waals surface area contributed by atoms with Crippen LogP contribution >= 0.6 is 0 Å². The van der Waals surface area contributed by atoms with E-state index in [0.717, 1.165) is 5.56 Å². The number of hydrogen-bond acceptors (Lipinski definition) is 4. The van der Waals surface area contributed by atoms with Crippen molar-refractivity contribution in [3.8, 4) is 11.5 Å². The van der Waals surface area contributed by atoms with Crippen LogP contribution in [0.4, 0.5) is 10.5 Å². The van der Waals surface area contributed by atoms with Crippen molar-refractivity contribution >= 4 is 11.8 Å². The monoisotopic (exact) mass is 344 g/mol. The Hall–Kier alpha value is -3.09. The van der Waals surface area contributed by atoms with Gasteiger partial charge in [0.05, 0.1) is 4.92 Å². The average Bonchev–Trinajstić information content (AvgIpc) is 2.49. The molecule has 0 aliphatic carbocycles. The first-order valence-corrected chi connectivity index (χ1v) is 7.69. The Labute approximate surface area is 145 Å². The van der Waals surface area contributed by atoms with Gasteiger partial charge in [-0.05, 0) is 56.5 Å². The third-order valence-corrected chi connectivity index (χ3v) is 3.61. The number of nitrogens with one attached hydrogen (secondary N) is 1. The minimum absolute atomic E-state index is 0.0216. The minimum Gasteiger partial charge on any atom is -0.465 e. The second-order valence-electron chi connectivity index (χ2n) is 6.44. The van der Waals surface area contributed by atoms with Crippen molar-refractivity contribution in [1.29, 1.82) is 0 Å². The van der Waals surface area contributed by atoms with E-state index in [0.29, 0.717) is 23.5 Å². The molecular formula is C18H20N2O5. The summed E-state index contributed by atoms with van der Waals surface area (Å²) in [5.74, 6) is 1.15. The third-order valence-electron chi connectivity index (χ3n) is 3.61. The number of nitro benzene ring substituents is 1.